The third-order valence-electron chi connectivity index (χ3n) is 4.68. The van der Waals surface area contributed by atoms with E-state index in [0.717, 1.165) is 9.87 Å². The highest BCUT2D eigenvalue weighted by Crippen LogP contribution is 2.30. The molecule has 11 heteroatoms. The lowest BCUT2D eigenvalue weighted by Crippen LogP contribution is -2.39. The number of nitrogens with zero attached hydrogens (tertiary/aromatic N) is 2. The lowest BCUT2D eigenvalue weighted by atomic mass is 10.2. The van der Waals surface area contributed by atoms with Gasteiger partial charge in [0.2, 0.25) is 0 Å². The van der Waals surface area contributed by atoms with Crippen LogP contribution in [0.25, 0.3) is 0 Å². The molecule has 0 atom stereocenters. The van der Waals surface area contributed by atoms with Crippen LogP contribution < -0.4 is 14.5 Å². The highest BCUT2D eigenvalue weighted by Gasteiger charge is 2.28. The SMILES string of the molecule is COc1ccc(S(=O)(=O)N(CC(=O)N/N=C\c2ccc(Cl)cc2Cl)c2ccc(C)cc2)cc1Br. The van der Waals surface area contributed by atoms with Gasteiger partial charge in [-0.25, -0.2) is 13.8 Å². The molecule has 0 spiro atoms. The van der Waals surface area contributed by atoms with Gasteiger partial charge < -0.3 is 4.74 Å². The third-order valence-corrected chi connectivity index (χ3v) is 7.63. The van der Waals surface area contributed by atoms with Crippen LogP contribution in [-0.4, -0.2) is 34.2 Å². The normalized spacial score (nSPS) is 11.4. The highest BCUT2D eigenvalue weighted by molar-refractivity contribution is 9.10. The van der Waals surface area contributed by atoms with Crippen LogP contribution in [0.5, 0.6) is 5.75 Å². The Bertz CT molecular complexity index is 1330. The molecule has 3 aromatic rings. The maximum atomic E-state index is 13.5. The van der Waals surface area contributed by atoms with E-state index in [-0.39, 0.29) is 4.90 Å². The number of methoxy groups -OCH3 is 1. The monoisotopic (exact) mass is 583 g/mol. The molecule has 0 fully saturated rings. The van der Waals surface area contributed by atoms with Crippen LogP contribution in [0.4, 0.5) is 5.69 Å². The number of hydrogen-bond acceptors (Lipinski definition) is 5. The van der Waals surface area contributed by atoms with Crippen molar-refractivity contribution in [1.29, 1.82) is 0 Å². The number of carbonyl (C=O) groups excluding carboxylic acids is 1. The summed E-state index contributed by atoms with van der Waals surface area (Å²) in [6.07, 6.45) is 1.35. The molecule has 7 nitrogen and oxygen atoms in total. The van der Waals surface area contributed by atoms with Gasteiger partial charge in [-0.15, -0.1) is 0 Å². The highest BCUT2D eigenvalue weighted by atomic mass is 79.9. The minimum absolute atomic E-state index is 0.00926. The molecule has 0 unspecified atom stereocenters. The number of rotatable bonds is 8. The lowest BCUT2D eigenvalue weighted by molar-refractivity contribution is -0.119. The zero-order chi connectivity index (χ0) is 24.9. The fraction of sp³-hybridized carbons (Fsp3) is 0.130. The molecule has 0 aliphatic heterocycles. The summed E-state index contributed by atoms with van der Waals surface area (Å²) in [5, 5.41) is 4.72. The number of amides is 1. The van der Waals surface area contributed by atoms with Crippen molar-refractivity contribution in [3.8, 4) is 5.75 Å². The van der Waals surface area contributed by atoms with E-state index >= 15 is 0 Å². The van der Waals surface area contributed by atoms with Gasteiger partial charge in [0.05, 0.1) is 33.4 Å². The number of hydrazone groups is 1. The van der Waals surface area contributed by atoms with Crippen LogP contribution >= 0.6 is 39.1 Å². The van der Waals surface area contributed by atoms with Crippen LogP contribution in [-0.2, 0) is 14.8 Å². The summed E-state index contributed by atoms with van der Waals surface area (Å²) in [5.41, 5.74) is 4.16. The Morgan fingerprint density at radius 2 is 1.82 bits per heavy atom. The summed E-state index contributed by atoms with van der Waals surface area (Å²) < 4.78 is 33.6. The van der Waals surface area contributed by atoms with Gasteiger partial charge in [-0.2, -0.15) is 5.10 Å². The first-order chi connectivity index (χ1) is 16.1. The van der Waals surface area contributed by atoms with E-state index in [1.807, 2.05) is 6.92 Å². The summed E-state index contributed by atoms with van der Waals surface area (Å²) in [4.78, 5) is 12.6. The summed E-state index contributed by atoms with van der Waals surface area (Å²) >= 11 is 15.3. The maximum absolute atomic E-state index is 13.5. The van der Waals surface area contributed by atoms with Gasteiger partial charge in [0.25, 0.3) is 15.9 Å². The Hall–Kier alpha value is -2.59. The van der Waals surface area contributed by atoms with Crippen molar-refractivity contribution in [3.05, 3.63) is 86.3 Å². The molecule has 1 amide bonds. The molecular formula is C23H20BrCl2N3O4S. The fourth-order valence-electron chi connectivity index (χ4n) is 2.91. The van der Waals surface area contributed by atoms with Crippen molar-refractivity contribution >= 4 is 67.0 Å². The van der Waals surface area contributed by atoms with Gasteiger partial charge in [-0.3, -0.25) is 9.10 Å². The second-order valence-electron chi connectivity index (χ2n) is 7.10. The Morgan fingerprint density at radius 3 is 2.44 bits per heavy atom. The van der Waals surface area contributed by atoms with Gasteiger partial charge >= 0.3 is 0 Å². The molecule has 3 rings (SSSR count). The van der Waals surface area contributed by atoms with Gasteiger partial charge in [-0.05, 0) is 65.3 Å². The zero-order valence-corrected chi connectivity index (χ0v) is 22.0. The number of sulfonamides is 1. The first-order valence-electron chi connectivity index (χ1n) is 9.81. The van der Waals surface area contributed by atoms with E-state index in [2.05, 4.69) is 26.5 Å². The minimum atomic E-state index is -4.10. The van der Waals surface area contributed by atoms with Crippen molar-refractivity contribution in [1.82, 2.24) is 5.43 Å². The predicted molar refractivity (Wildman–Crippen MR) is 139 cm³/mol. The molecule has 0 radical (unpaired) electrons. The molecule has 0 heterocycles. The van der Waals surface area contributed by atoms with Crippen LogP contribution in [0.3, 0.4) is 0 Å². The number of nitrogens with one attached hydrogen (secondary N) is 1. The molecule has 34 heavy (non-hydrogen) atoms. The van der Waals surface area contributed by atoms with Crippen molar-refractivity contribution in [2.75, 3.05) is 18.0 Å². The predicted octanol–water partition coefficient (Wildman–Crippen LogP) is 5.42. The molecule has 178 valence electrons. The zero-order valence-electron chi connectivity index (χ0n) is 18.1. The van der Waals surface area contributed by atoms with E-state index in [1.165, 1.54) is 31.5 Å². The number of ether oxygens (including phenoxy) is 1. The summed E-state index contributed by atoms with van der Waals surface area (Å²) in [5.74, 6) is -0.160. The molecule has 0 saturated carbocycles. The van der Waals surface area contributed by atoms with E-state index in [0.29, 0.717) is 31.5 Å². The number of aryl methyl sites for hydroxylation is 1. The molecule has 0 aromatic heterocycles. The fourth-order valence-corrected chi connectivity index (χ4v) is 5.50. The summed E-state index contributed by atoms with van der Waals surface area (Å²) in [7, 11) is -2.62. The van der Waals surface area contributed by atoms with Crippen molar-refractivity contribution in [3.63, 3.8) is 0 Å². The quantitative estimate of drug-likeness (QED) is 0.283. The van der Waals surface area contributed by atoms with Crippen molar-refractivity contribution in [2.24, 2.45) is 5.10 Å². The second kappa shape index (κ2) is 11.2. The average molecular weight is 585 g/mol. The Balaban J connectivity index is 1.87. The van der Waals surface area contributed by atoms with E-state index in [4.69, 9.17) is 27.9 Å². The van der Waals surface area contributed by atoms with Gasteiger partial charge in [-0.1, -0.05) is 47.0 Å². The van der Waals surface area contributed by atoms with E-state index in [1.54, 1.807) is 42.5 Å². The topological polar surface area (TPSA) is 88.1 Å². The smallest absolute Gasteiger partial charge is 0.264 e. The summed E-state index contributed by atoms with van der Waals surface area (Å²) in [6, 6.07) is 16.0. The van der Waals surface area contributed by atoms with Crippen LogP contribution in [0.1, 0.15) is 11.1 Å². The molecule has 1 N–H and O–H groups in total. The molecule has 0 bridgehead atoms. The molecule has 0 saturated heterocycles. The van der Waals surface area contributed by atoms with Crippen LogP contribution in [0.15, 0.2) is 75.1 Å². The lowest BCUT2D eigenvalue weighted by Gasteiger charge is -2.24. The van der Waals surface area contributed by atoms with Crippen molar-refractivity contribution < 1.29 is 17.9 Å². The largest absolute Gasteiger partial charge is 0.496 e. The number of carbonyl (C=O) groups is 1. The number of hydrogen-bond donors (Lipinski definition) is 1. The van der Waals surface area contributed by atoms with Gasteiger partial charge in [0.1, 0.15) is 12.3 Å². The Kier molecular flexibility index (Phi) is 8.59. The summed E-state index contributed by atoms with van der Waals surface area (Å²) in [6.45, 7) is 1.38. The number of benzene rings is 3. The number of anilines is 1. The van der Waals surface area contributed by atoms with E-state index in [9.17, 15) is 13.2 Å². The van der Waals surface area contributed by atoms with E-state index < -0.39 is 22.5 Å². The van der Waals surface area contributed by atoms with Gasteiger partial charge in [0, 0.05) is 10.6 Å². The first-order valence-corrected chi connectivity index (χ1v) is 12.8. The van der Waals surface area contributed by atoms with Gasteiger partial charge in [0.15, 0.2) is 0 Å². The third kappa shape index (κ3) is 6.29. The van der Waals surface area contributed by atoms with Crippen LogP contribution in [0, 0.1) is 6.92 Å². The minimum Gasteiger partial charge on any atom is -0.496 e. The first kappa shape index (κ1) is 26.0. The molecular weight excluding hydrogens is 565 g/mol. The maximum Gasteiger partial charge on any atom is 0.264 e. The Morgan fingerprint density at radius 1 is 1.12 bits per heavy atom. The van der Waals surface area contributed by atoms with Crippen LogP contribution in [0.2, 0.25) is 10.0 Å². The molecule has 0 aliphatic rings. The molecule has 3 aromatic carbocycles. The standard InChI is InChI=1S/C23H20BrCl2N3O4S/c1-15-3-7-18(8-4-15)29(34(31,32)19-9-10-22(33-2)20(24)12-19)14-23(30)28-27-13-16-5-6-17(25)11-21(16)26/h3-13H,14H2,1-2H3,(H,28,30)/b27-13-. The molecule has 0 aliphatic carbocycles. The Labute approximate surface area is 216 Å². The average Bonchev–Trinajstić information content (AvgIpc) is 2.79. The second-order valence-corrected chi connectivity index (χ2v) is 10.7. The van der Waals surface area contributed by atoms with Crippen molar-refractivity contribution in [2.45, 2.75) is 11.8 Å². The number of halogens is 3.